The van der Waals surface area contributed by atoms with Gasteiger partial charge in [-0.05, 0) is 10.3 Å². The predicted molar refractivity (Wildman–Crippen MR) is 74.2 cm³/mol. The van der Waals surface area contributed by atoms with Crippen molar-refractivity contribution in [2.24, 2.45) is 0 Å². The Bertz CT molecular complexity index is 232. The molecule has 15 heavy (non-hydrogen) atoms. The van der Waals surface area contributed by atoms with E-state index >= 15 is 0 Å². The van der Waals surface area contributed by atoms with Gasteiger partial charge in [0.1, 0.15) is 4.83 Å². The molecule has 0 aliphatic heterocycles. The Morgan fingerprint density at radius 3 is 2.80 bits per heavy atom. The summed E-state index contributed by atoms with van der Waals surface area (Å²) < 4.78 is 7.59. The number of halogens is 2. The first kappa shape index (κ1) is 15.2. The summed E-state index contributed by atoms with van der Waals surface area (Å²) in [6, 6.07) is 0. The summed E-state index contributed by atoms with van der Waals surface area (Å²) in [5.41, 5.74) is 0. The molecule has 1 unspecified atom stereocenters. The molecule has 0 aromatic heterocycles. The SMILES string of the molecule is CCCCCCC(Br)C(=O)OCC#CI. The van der Waals surface area contributed by atoms with Crippen LogP contribution in [0.25, 0.3) is 0 Å². The normalized spacial score (nSPS) is 11.4. The Morgan fingerprint density at radius 2 is 2.20 bits per heavy atom. The molecular formula is C11H16BrIO2. The van der Waals surface area contributed by atoms with E-state index in [1.807, 2.05) is 22.6 Å². The van der Waals surface area contributed by atoms with Crippen LogP contribution in [0.15, 0.2) is 0 Å². The summed E-state index contributed by atoms with van der Waals surface area (Å²) in [6.45, 7) is 2.36. The highest BCUT2D eigenvalue weighted by Crippen LogP contribution is 2.13. The first-order valence-corrected chi connectivity index (χ1v) is 7.11. The number of carbonyl (C=O) groups is 1. The number of ether oxygens (including phenoxy) is 1. The van der Waals surface area contributed by atoms with Crippen molar-refractivity contribution in [1.29, 1.82) is 0 Å². The third-order valence-corrected chi connectivity index (χ3v) is 3.13. The highest BCUT2D eigenvalue weighted by atomic mass is 127. The van der Waals surface area contributed by atoms with Crippen molar-refractivity contribution in [1.82, 2.24) is 0 Å². The van der Waals surface area contributed by atoms with Crippen LogP contribution in [0.3, 0.4) is 0 Å². The highest BCUT2D eigenvalue weighted by Gasteiger charge is 2.14. The van der Waals surface area contributed by atoms with E-state index in [1.54, 1.807) is 0 Å². The molecule has 0 saturated heterocycles. The van der Waals surface area contributed by atoms with Crippen LogP contribution in [0.2, 0.25) is 0 Å². The van der Waals surface area contributed by atoms with E-state index in [0.717, 1.165) is 12.8 Å². The molecule has 0 heterocycles. The van der Waals surface area contributed by atoms with Gasteiger partial charge in [0.2, 0.25) is 0 Å². The van der Waals surface area contributed by atoms with Crippen LogP contribution in [-0.2, 0) is 9.53 Å². The van der Waals surface area contributed by atoms with E-state index in [2.05, 4.69) is 32.7 Å². The van der Waals surface area contributed by atoms with Gasteiger partial charge in [0, 0.05) is 22.6 Å². The number of esters is 1. The highest BCUT2D eigenvalue weighted by molar-refractivity contribution is 14.1. The van der Waals surface area contributed by atoms with Crippen LogP contribution in [0.5, 0.6) is 0 Å². The number of unbranched alkanes of at least 4 members (excludes halogenated alkanes) is 3. The summed E-state index contributed by atoms with van der Waals surface area (Å²) in [5, 5.41) is 0. The first-order chi connectivity index (χ1) is 7.22. The van der Waals surface area contributed by atoms with Crippen molar-refractivity contribution < 1.29 is 9.53 Å². The molecule has 0 aromatic rings. The number of rotatable bonds is 7. The average Bonchev–Trinajstić information content (AvgIpc) is 2.24. The molecule has 0 fully saturated rings. The molecule has 1 atom stereocenters. The maximum absolute atomic E-state index is 11.3. The summed E-state index contributed by atoms with van der Waals surface area (Å²) in [6.07, 6.45) is 5.53. The average molecular weight is 387 g/mol. The molecule has 2 nitrogen and oxygen atoms in total. The molecule has 0 amide bonds. The zero-order chi connectivity index (χ0) is 11.5. The minimum absolute atomic E-state index is 0.176. The lowest BCUT2D eigenvalue weighted by molar-refractivity contribution is -0.141. The van der Waals surface area contributed by atoms with Crippen LogP contribution in [-0.4, -0.2) is 17.4 Å². The molecule has 0 rings (SSSR count). The Balaban J connectivity index is 3.54. The molecule has 0 saturated carbocycles. The Morgan fingerprint density at radius 1 is 1.47 bits per heavy atom. The molecule has 0 radical (unpaired) electrons. The van der Waals surface area contributed by atoms with Gasteiger partial charge in [-0.1, -0.05) is 54.5 Å². The van der Waals surface area contributed by atoms with Gasteiger partial charge in [-0.15, -0.1) is 0 Å². The van der Waals surface area contributed by atoms with E-state index in [4.69, 9.17) is 4.74 Å². The predicted octanol–water partition coefficient (Wildman–Crippen LogP) is 3.66. The van der Waals surface area contributed by atoms with Gasteiger partial charge in [0.05, 0.1) is 0 Å². The van der Waals surface area contributed by atoms with Crippen LogP contribution in [0.1, 0.15) is 39.0 Å². The number of carbonyl (C=O) groups excluding carboxylic acids is 1. The number of alkyl halides is 1. The molecule has 0 aromatic carbocycles. The number of hydrogen-bond donors (Lipinski definition) is 0. The monoisotopic (exact) mass is 386 g/mol. The van der Waals surface area contributed by atoms with Gasteiger partial charge in [0.25, 0.3) is 0 Å². The van der Waals surface area contributed by atoms with Gasteiger partial charge >= 0.3 is 5.97 Å². The van der Waals surface area contributed by atoms with Crippen molar-refractivity contribution >= 4 is 44.5 Å². The summed E-state index contributed by atoms with van der Waals surface area (Å²) in [4.78, 5) is 11.2. The molecular weight excluding hydrogens is 371 g/mol. The fourth-order valence-electron chi connectivity index (χ4n) is 1.09. The third kappa shape index (κ3) is 9.19. The summed E-state index contributed by atoms with van der Waals surface area (Å²) in [7, 11) is 0. The van der Waals surface area contributed by atoms with Crippen LogP contribution < -0.4 is 0 Å². The fraction of sp³-hybridized carbons (Fsp3) is 0.727. The van der Waals surface area contributed by atoms with E-state index in [9.17, 15) is 4.79 Å². The molecule has 0 aliphatic carbocycles. The maximum atomic E-state index is 11.3. The van der Waals surface area contributed by atoms with Gasteiger partial charge in [0.15, 0.2) is 6.61 Å². The van der Waals surface area contributed by atoms with Gasteiger partial charge < -0.3 is 4.74 Å². The maximum Gasteiger partial charge on any atom is 0.320 e. The van der Waals surface area contributed by atoms with Gasteiger partial charge in [-0.25, -0.2) is 0 Å². The standard InChI is InChI=1S/C11H16BrIO2/c1-2-3-4-5-7-10(12)11(14)15-9-6-8-13/h10H,2-5,7,9H2,1H3. The van der Waals surface area contributed by atoms with Crippen LogP contribution in [0.4, 0.5) is 0 Å². The van der Waals surface area contributed by atoms with Crippen LogP contribution >= 0.6 is 38.5 Å². The molecule has 4 heteroatoms. The lowest BCUT2D eigenvalue weighted by atomic mass is 10.1. The lowest BCUT2D eigenvalue weighted by Gasteiger charge is -2.07. The molecule has 86 valence electrons. The van der Waals surface area contributed by atoms with Crippen molar-refractivity contribution in [3.8, 4) is 9.85 Å². The Kier molecular flexibility index (Phi) is 10.9. The lowest BCUT2D eigenvalue weighted by Crippen LogP contribution is -2.17. The van der Waals surface area contributed by atoms with E-state index in [-0.39, 0.29) is 17.4 Å². The molecule has 0 spiro atoms. The fourth-order valence-corrected chi connectivity index (χ4v) is 1.70. The largest absolute Gasteiger partial charge is 0.452 e. The zero-order valence-electron chi connectivity index (χ0n) is 8.89. The van der Waals surface area contributed by atoms with Gasteiger partial charge in [-0.2, -0.15) is 0 Å². The van der Waals surface area contributed by atoms with Crippen molar-refractivity contribution in [2.45, 2.75) is 43.9 Å². The second kappa shape index (κ2) is 10.7. The molecule has 0 N–H and O–H groups in total. The first-order valence-electron chi connectivity index (χ1n) is 5.11. The smallest absolute Gasteiger partial charge is 0.320 e. The van der Waals surface area contributed by atoms with Gasteiger partial charge in [-0.3, -0.25) is 4.79 Å². The zero-order valence-corrected chi connectivity index (χ0v) is 12.6. The third-order valence-electron chi connectivity index (χ3n) is 1.92. The van der Waals surface area contributed by atoms with Crippen molar-refractivity contribution in [2.75, 3.05) is 6.61 Å². The van der Waals surface area contributed by atoms with Crippen LogP contribution in [0, 0.1) is 9.85 Å². The summed E-state index contributed by atoms with van der Waals surface area (Å²) in [5.74, 6) is 2.48. The molecule has 0 bridgehead atoms. The second-order valence-electron chi connectivity index (χ2n) is 3.20. The Labute approximate surface area is 114 Å². The topological polar surface area (TPSA) is 26.3 Å². The van der Waals surface area contributed by atoms with Crippen molar-refractivity contribution in [3.63, 3.8) is 0 Å². The second-order valence-corrected chi connectivity index (χ2v) is 4.84. The number of hydrogen-bond acceptors (Lipinski definition) is 2. The van der Waals surface area contributed by atoms with Crippen molar-refractivity contribution in [3.05, 3.63) is 0 Å². The quantitative estimate of drug-likeness (QED) is 0.219. The molecule has 0 aliphatic rings. The van der Waals surface area contributed by atoms with E-state index < -0.39 is 0 Å². The minimum atomic E-state index is -0.203. The minimum Gasteiger partial charge on any atom is -0.452 e. The van der Waals surface area contributed by atoms with E-state index in [1.165, 1.54) is 19.3 Å². The Hall–Kier alpha value is 0.240. The van der Waals surface area contributed by atoms with E-state index in [0.29, 0.717) is 0 Å². The summed E-state index contributed by atoms with van der Waals surface area (Å²) >= 11 is 5.24.